The molecule has 0 aromatic carbocycles. The molecule has 13 heavy (non-hydrogen) atoms. The third-order valence-electron chi connectivity index (χ3n) is 3.66. The fraction of sp³-hybridized carbons (Fsp3) is 1.00. The molecule has 1 fully saturated rings. The topological polar surface area (TPSA) is 20.2 Å². The van der Waals surface area contributed by atoms with Gasteiger partial charge < -0.3 is 5.11 Å². The number of aliphatic hydroxyl groups excluding tert-OH is 1. The number of hydrogen-bond acceptors (Lipinski definition) is 1. The highest BCUT2D eigenvalue weighted by molar-refractivity contribution is 4.81. The van der Waals surface area contributed by atoms with Crippen molar-refractivity contribution in [3.63, 3.8) is 0 Å². The van der Waals surface area contributed by atoms with E-state index in [0.29, 0.717) is 6.61 Å². The summed E-state index contributed by atoms with van der Waals surface area (Å²) in [5, 5.41) is 9.21. The lowest BCUT2D eigenvalue weighted by molar-refractivity contribution is 0.0787. The Kier molecular flexibility index (Phi) is 4.24. The Morgan fingerprint density at radius 1 is 1.31 bits per heavy atom. The van der Waals surface area contributed by atoms with Gasteiger partial charge in [-0.2, -0.15) is 0 Å². The molecule has 0 aromatic heterocycles. The molecule has 0 aliphatic heterocycles. The van der Waals surface area contributed by atoms with Crippen LogP contribution in [0.15, 0.2) is 0 Å². The van der Waals surface area contributed by atoms with E-state index in [9.17, 15) is 5.11 Å². The minimum absolute atomic E-state index is 0.253. The van der Waals surface area contributed by atoms with E-state index < -0.39 is 0 Å². The first-order valence-electron chi connectivity index (χ1n) is 5.81. The van der Waals surface area contributed by atoms with E-state index in [2.05, 4.69) is 13.8 Å². The molecule has 0 unspecified atom stereocenters. The van der Waals surface area contributed by atoms with Gasteiger partial charge >= 0.3 is 0 Å². The van der Waals surface area contributed by atoms with E-state index in [4.69, 9.17) is 0 Å². The molecule has 0 amide bonds. The minimum atomic E-state index is 0.253. The molecule has 1 aliphatic rings. The van der Waals surface area contributed by atoms with Gasteiger partial charge in [0.25, 0.3) is 0 Å². The third kappa shape index (κ3) is 3.30. The molecule has 1 saturated carbocycles. The van der Waals surface area contributed by atoms with Crippen LogP contribution in [0.2, 0.25) is 0 Å². The van der Waals surface area contributed by atoms with Gasteiger partial charge in [-0.1, -0.05) is 33.1 Å². The molecule has 1 nitrogen and oxygen atoms in total. The minimum Gasteiger partial charge on any atom is -0.396 e. The molecule has 1 heteroatoms. The Morgan fingerprint density at radius 2 is 1.92 bits per heavy atom. The molecular weight excluding hydrogens is 160 g/mol. The van der Waals surface area contributed by atoms with Crippen LogP contribution in [0.5, 0.6) is 0 Å². The summed E-state index contributed by atoms with van der Waals surface area (Å²) in [7, 11) is 0. The monoisotopic (exact) mass is 184 g/mol. The Bertz CT molecular complexity index is 134. The Balaban J connectivity index is 2.22. The third-order valence-corrected chi connectivity index (χ3v) is 3.66. The number of unbranched alkanes of at least 4 members (excludes halogenated alkanes) is 1. The Labute approximate surface area is 82.5 Å². The Morgan fingerprint density at radius 3 is 2.38 bits per heavy atom. The molecule has 0 atom stereocenters. The lowest BCUT2D eigenvalue weighted by Crippen LogP contribution is -2.27. The van der Waals surface area contributed by atoms with E-state index in [1.54, 1.807) is 0 Å². The van der Waals surface area contributed by atoms with E-state index in [0.717, 1.165) is 5.92 Å². The lowest BCUT2D eigenvalue weighted by Gasteiger charge is -2.35. The van der Waals surface area contributed by atoms with Crippen molar-refractivity contribution in [1.29, 1.82) is 0 Å². The van der Waals surface area contributed by atoms with Crippen LogP contribution in [-0.2, 0) is 0 Å². The van der Waals surface area contributed by atoms with Crippen molar-refractivity contribution in [1.82, 2.24) is 0 Å². The van der Waals surface area contributed by atoms with Gasteiger partial charge in [0.05, 0.1) is 0 Å². The van der Waals surface area contributed by atoms with Crippen LogP contribution >= 0.6 is 0 Å². The van der Waals surface area contributed by atoms with E-state index in [1.165, 1.54) is 44.9 Å². The summed E-state index contributed by atoms with van der Waals surface area (Å²) in [6.45, 7) is 4.87. The van der Waals surface area contributed by atoms with Crippen LogP contribution in [0.1, 0.15) is 58.8 Å². The van der Waals surface area contributed by atoms with Crippen LogP contribution in [0.25, 0.3) is 0 Å². The van der Waals surface area contributed by atoms with Crippen molar-refractivity contribution in [3.8, 4) is 0 Å². The summed E-state index contributed by atoms with van der Waals surface area (Å²) >= 11 is 0. The van der Waals surface area contributed by atoms with Gasteiger partial charge in [-0.3, -0.25) is 0 Å². The molecule has 0 saturated heterocycles. The summed E-state index contributed by atoms with van der Waals surface area (Å²) in [5.74, 6) is 0.958. The van der Waals surface area contributed by atoms with E-state index in [-0.39, 0.29) is 5.41 Å². The summed E-state index contributed by atoms with van der Waals surface area (Å²) in [6, 6.07) is 0. The first-order valence-corrected chi connectivity index (χ1v) is 5.81. The Hall–Kier alpha value is -0.0400. The van der Waals surface area contributed by atoms with Crippen molar-refractivity contribution in [2.45, 2.75) is 58.8 Å². The molecule has 78 valence electrons. The largest absolute Gasteiger partial charge is 0.396 e. The van der Waals surface area contributed by atoms with Crippen LogP contribution < -0.4 is 0 Å². The number of aliphatic hydroxyl groups is 1. The first kappa shape index (κ1) is 11.0. The van der Waals surface area contributed by atoms with Gasteiger partial charge in [-0.05, 0) is 37.0 Å². The second kappa shape index (κ2) is 4.99. The maximum atomic E-state index is 9.21. The van der Waals surface area contributed by atoms with Crippen LogP contribution in [0, 0.1) is 11.3 Å². The first-order chi connectivity index (χ1) is 6.20. The second-order valence-corrected chi connectivity index (χ2v) is 5.05. The van der Waals surface area contributed by atoms with Gasteiger partial charge in [0.2, 0.25) is 0 Å². The quantitative estimate of drug-likeness (QED) is 0.710. The van der Waals surface area contributed by atoms with E-state index in [1.807, 2.05) is 0 Å². The predicted octanol–water partition coefficient (Wildman–Crippen LogP) is 3.37. The van der Waals surface area contributed by atoms with Crippen LogP contribution in [0.4, 0.5) is 0 Å². The fourth-order valence-electron chi connectivity index (χ4n) is 2.31. The molecule has 0 heterocycles. The fourth-order valence-corrected chi connectivity index (χ4v) is 2.31. The van der Waals surface area contributed by atoms with Crippen LogP contribution in [0.3, 0.4) is 0 Å². The van der Waals surface area contributed by atoms with Crippen molar-refractivity contribution in [2.75, 3.05) is 6.61 Å². The second-order valence-electron chi connectivity index (χ2n) is 5.05. The van der Waals surface area contributed by atoms with Gasteiger partial charge in [-0.25, -0.2) is 0 Å². The normalized spacial score (nSPS) is 34.8. The van der Waals surface area contributed by atoms with Crippen molar-refractivity contribution in [2.24, 2.45) is 11.3 Å². The van der Waals surface area contributed by atoms with Crippen LogP contribution in [-0.4, -0.2) is 11.7 Å². The summed E-state index contributed by atoms with van der Waals surface area (Å²) in [4.78, 5) is 0. The zero-order valence-electron chi connectivity index (χ0n) is 9.18. The average Bonchev–Trinajstić information content (AvgIpc) is 2.17. The molecule has 0 radical (unpaired) electrons. The van der Waals surface area contributed by atoms with Gasteiger partial charge in [-0.15, -0.1) is 0 Å². The highest BCUT2D eigenvalue weighted by atomic mass is 16.3. The van der Waals surface area contributed by atoms with Crippen molar-refractivity contribution >= 4 is 0 Å². The predicted molar refractivity (Wildman–Crippen MR) is 56.7 cm³/mol. The van der Waals surface area contributed by atoms with Gasteiger partial charge in [0, 0.05) is 6.61 Å². The SMILES string of the molecule is CCCCC1CCC(C)(CO)CC1. The maximum absolute atomic E-state index is 9.21. The standard InChI is InChI=1S/C12H24O/c1-3-4-5-11-6-8-12(2,10-13)9-7-11/h11,13H,3-10H2,1-2H3. The smallest absolute Gasteiger partial charge is 0.0484 e. The molecule has 1 rings (SSSR count). The zero-order valence-corrected chi connectivity index (χ0v) is 9.18. The summed E-state index contributed by atoms with van der Waals surface area (Å²) < 4.78 is 0. The summed E-state index contributed by atoms with van der Waals surface area (Å²) in [6.07, 6.45) is 9.29. The van der Waals surface area contributed by atoms with Gasteiger partial charge in [0.1, 0.15) is 0 Å². The van der Waals surface area contributed by atoms with Gasteiger partial charge in [0.15, 0.2) is 0 Å². The highest BCUT2D eigenvalue weighted by Gasteiger charge is 2.29. The summed E-state index contributed by atoms with van der Waals surface area (Å²) in [5.41, 5.74) is 0.253. The average molecular weight is 184 g/mol. The molecule has 1 N–H and O–H groups in total. The molecule has 0 aromatic rings. The van der Waals surface area contributed by atoms with Crippen molar-refractivity contribution in [3.05, 3.63) is 0 Å². The molecule has 1 aliphatic carbocycles. The van der Waals surface area contributed by atoms with E-state index >= 15 is 0 Å². The molecule has 0 bridgehead atoms. The zero-order chi connectivity index (χ0) is 9.73. The molecule has 0 spiro atoms. The molecular formula is C12H24O. The number of hydrogen-bond donors (Lipinski definition) is 1. The maximum Gasteiger partial charge on any atom is 0.0484 e. The number of rotatable bonds is 4. The lowest BCUT2D eigenvalue weighted by atomic mass is 9.71. The highest BCUT2D eigenvalue weighted by Crippen LogP contribution is 2.39. The van der Waals surface area contributed by atoms with Crippen molar-refractivity contribution < 1.29 is 5.11 Å².